The summed E-state index contributed by atoms with van der Waals surface area (Å²) in [6, 6.07) is 12.0. The summed E-state index contributed by atoms with van der Waals surface area (Å²) in [7, 11) is 2.44. The van der Waals surface area contributed by atoms with Gasteiger partial charge in [0.2, 0.25) is 0 Å². The number of hydrogen-bond donors (Lipinski definition) is 0. The van der Waals surface area contributed by atoms with Gasteiger partial charge < -0.3 is 4.90 Å². The second-order valence-electron chi connectivity index (χ2n) is 4.69. The first kappa shape index (κ1) is 19.8. The van der Waals surface area contributed by atoms with E-state index in [9.17, 15) is 8.42 Å². The lowest BCUT2D eigenvalue weighted by Gasteiger charge is -2.11. The predicted molar refractivity (Wildman–Crippen MR) is 95.2 cm³/mol. The molecule has 7 nitrogen and oxygen atoms in total. The maximum Gasteiger partial charge on any atom is 0.399 e. The Morgan fingerprint density at radius 2 is 1.54 bits per heavy atom. The monoisotopic (exact) mass is 351 g/mol. The topological polar surface area (TPSA) is 81.1 Å². The van der Waals surface area contributed by atoms with Crippen LogP contribution in [0.15, 0.2) is 53.8 Å². The Morgan fingerprint density at radius 3 is 1.96 bits per heavy atom. The molecule has 0 bridgehead atoms. The maximum atomic E-state index is 9.92. The van der Waals surface area contributed by atoms with Gasteiger partial charge in [0, 0.05) is 38.4 Å². The van der Waals surface area contributed by atoms with E-state index in [0.717, 1.165) is 25.5 Å². The highest BCUT2D eigenvalue weighted by Gasteiger charge is 2.01. The van der Waals surface area contributed by atoms with E-state index >= 15 is 0 Å². The summed E-state index contributed by atoms with van der Waals surface area (Å²) in [4.78, 5) is 10.4. The fourth-order valence-electron chi connectivity index (χ4n) is 1.50. The minimum absolute atomic E-state index is 0.951. The molecule has 0 saturated heterocycles. The number of aliphatic imine (C=N–C) groups is 1. The summed E-state index contributed by atoms with van der Waals surface area (Å²) < 4.78 is 27.5. The highest BCUT2D eigenvalue weighted by atomic mass is 32.3. The Balaban J connectivity index is 0.000000351. The maximum absolute atomic E-state index is 9.92. The number of pyridine rings is 1. The van der Waals surface area contributed by atoms with Gasteiger partial charge in [0.1, 0.15) is 0 Å². The number of aromatic nitrogens is 1. The molecule has 0 radical (unpaired) electrons. The van der Waals surface area contributed by atoms with Crippen LogP contribution in [0.5, 0.6) is 0 Å². The van der Waals surface area contributed by atoms with Crippen molar-refractivity contribution in [1.29, 1.82) is 0 Å². The van der Waals surface area contributed by atoms with Gasteiger partial charge in [0.05, 0.1) is 19.9 Å². The molecule has 0 atom stereocenters. The van der Waals surface area contributed by atoms with E-state index in [1.165, 1.54) is 5.69 Å². The average molecular weight is 351 g/mol. The minimum Gasteiger partial charge on any atom is -0.378 e. The Kier molecular flexibility index (Phi) is 8.03. The molecule has 0 N–H and O–H groups in total. The molecular weight excluding hydrogens is 330 g/mol. The Hall–Kier alpha value is -2.29. The fourth-order valence-corrected chi connectivity index (χ4v) is 1.64. The molecule has 8 heteroatoms. The number of benzene rings is 1. The standard InChI is InChI=1S/C14H15N3.C2H6O4S/c1-17(2)14-5-3-13(4-6-14)16-11-12-7-9-15-10-8-12;1-5-7(3,4)6-2/h3-11H,1-2H3;1-2H3. The van der Waals surface area contributed by atoms with Crippen molar-refractivity contribution >= 4 is 28.0 Å². The zero-order chi connectivity index (χ0) is 18.0. The highest BCUT2D eigenvalue weighted by Crippen LogP contribution is 2.17. The second-order valence-corrected chi connectivity index (χ2v) is 6.17. The van der Waals surface area contributed by atoms with E-state index < -0.39 is 10.4 Å². The molecule has 0 amide bonds. The summed E-state index contributed by atoms with van der Waals surface area (Å²) in [5, 5.41) is 0. The molecule has 130 valence electrons. The van der Waals surface area contributed by atoms with Gasteiger partial charge in [-0.15, -0.1) is 0 Å². The molecule has 0 fully saturated rings. The van der Waals surface area contributed by atoms with E-state index in [0.29, 0.717) is 0 Å². The fraction of sp³-hybridized carbons (Fsp3) is 0.250. The molecule has 0 aliphatic carbocycles. The number of anilines is 1. The lowest BCUT2D eigenvalue weighted by molar-refractivity contribution is 0.286. The molecule has 0 spiro atoms. The van der Waals surface area contributed by atoms with Crippen LogP contribution in [0.4, 0.5) is 11.4 Å². The largest absolute Gasteiger partial charge is 0.399 e. The minimum atomic E-state index is -3.66. The summed E-state index contributed by atoms with van der Waals surface area (Å²) in [6.07, 6.45) is 5.36. The van der Waals surface area contributed by atoms with E-state index in [2.05, 4.69) is 35.4 Å². The number of rotatable bonds is 5. The van der Waals surface area contributed by atoms with Crippen LogP contribution >= 0.6 is 0 Å². The van der Waals surface area contributed by atoms with E-state index in [1.807, 2.05) is 44.6 Å². The van der Waals surface area contributed by atoms with Crippen LogP contribution < -0.4 is 4.90 Å². The van der Waals surface area contributed by atoms with Crippen molar-refractivity contribution in [3.05, 3.63) is 54.4 Å². The third kappa shape index (κ3) is 7.32. The molecule has 1 aromatic carbocycles. The lowest BCUT2D eigenvalue weighted by atomic mass is 10.2. The quantitative estimate of drug-likeness (QED) is 0.770. The molecule has 24 heavy (non-hydrogen) atoms. The lowest BCUT2D eigenvalue weighted by Crippen LogP contribution is -2.07. The van der Waals surface area contributed by atoms with Crippen molar-refractivity contribution in [1.82, 2.24) is 4.98 Å². The zero-order valence-electron chi connectivity index (χ0n) is 14.1. The third-order valence-electron chi connectivity index (χ3n) is 2.84. The second kappa shape index (κ2) is 9.76. The first-order valence-electron chi connectivity index (χ1n) is 6.95. The molecular formula is C16H21N3O4S. The van der Waals surface area contributed by atoms with Crippen molar-refractivity contribution in [2.45, 2.75) is 0 Å². The first-order chi connectivity index (χ1) is 11.4. The van der Waals surface area contributed by atoms with Crippen molar-refractivity contribution in [2.75, 3.05) is 33.2 Å². The smallest absolute Gasteiger partial charge is 0.378 e. The molecule has 2 aromatic rings. The first-order valence-corrected chi connectivity index (χ1v) is 8.29. The molecule has 0 aliphatic rings. The van der Waals surface area contributed by atoms with Gasteiger partial charge in [-0.05, 0) is 42.0 Å². The molecule has 1 heterocycles. The summed E-state index contributed by atoms with van der Waals surface area (Å²) in [5.74, 6) is 0. The van der Waals surface area contributed by atoms with Gasteiger partial charge in [0.15, 0.2) is 0 Å². The van der Waals surface area contributed by atoms with Crippen LogP contribution in [-0.4, -0.2) is 47.9 Å². The molecule has 1 aromatic heterocycles. The summed E-state index contributed by atoms with van der Waals surface area (Å²) in [5.41, 5.74) is 3.18. The van der Waals surface area contributed by atoms with Crippen LogP contribution in [0.2, 0.25) is 0 Å². The van der Waals surface area contributed by atoms with E-state index in [1.54, 1.807) is 12.4 Å². The third-order valence-corrected chi connectivity index (χ3v) is 3.66. The molecule has 0 saturated carbocycles. The van der Waals surface area contributed by atoms with Gasteiger partial charge in [-0.1, -0.05) is 0 Å². The average Bonchev–Trinajstić information content (AvgIpc) is 2.62. The highest BCUT2D eigenvalue weighted by molar-refractivity contribution is 7.81. The predicted octanol–water partition coefficient (Wildman–Crippen LogP) is 2.42. The van der Waals surface area contributed by atoms with Gasteiger partial charge >= 0.3 is 10.4 Å². The van der Waals surface area contributed by atoms with Crippen molar-refractivity contribution < 1.29 is 16.8 Å². The van der Waals surface area contributed by atoms with Crippen LogP contribution in [0.1, 0.15) is 5.56 Å². The van der Waals surface area contributed by atoms with Crippen LogP contribution in [0.3, 0.4) is 0 Å². The number of hydrogen-bond acceptors (Lipinski definition) is 7. The summed E-state index contributed by atoms with van der Waals surface area (Å²) >= 11 is 0. The SMILES string of the molecule is CN(C)c1ccc(N=Cc2ccncc2)cc1.COS(=O)(=O)OC. The molecule has 0 aliphatic heterocycles. The van der Waals surface area contributed by atoms with Gasteiger partial charge in [-0.25, -0.2) is 0 Å². The molecule has 0 unspecified atom stereocenters. The van der Waals surface area contributed by atoms with Gasteiger partial charge in [-0.3, -0.25) is 18.3 Å². The van der Waals surface area contributed by atoms with Crippen molar-refractivity contribution in [3.63, 3.8) is 0 Å². The Labute approximate surface area is 142 Å². The van der Waals surface area contributed by atoms with Crippen molar-refractivity contribution in [2.24, 2.45) is 4.99 Å². The van der Waals surface area contributed by atoms with Crippen LogP contribution in [-0.2, 0) is 18.8 Å². The van der Waals surface area contributed by atoms with Gasteiger partial charge in [-0.2, -0.15) is 8.42 Å². The van der Waals surface area contributed by atoms with Gasteiger partial charge in [0.25, 0.3) is 0 Å². The van der Waals surface area contributed by atoms with Crippen LogP contribution in [0.25, 0.3) is 0 Å². The molecule has 2 rings (SSSR count). The Bertz CT molecular complexity index is 720. The van der Waals surface area contributed by atoms with E-state index in [4.69, 9.17) is 0 Å². The Morgan fingerprint density at radius 1 is 1.00 bits per heavy atom. The summed E-state index contributed by atoms with van der Waals surface area (Å²) in [6.45, 7) is 0. The number of nitrogens with zero attached hydrogens (tertiary/aromatic N) is 3. The normalized spacial score (nSPS) is 11.0. The van der Waals surface area contributed by atoms with Crippen LogP contribution in [0, 0.1) is 0 Å². The van der Waals surface area contributed by atoms with Crippen molar-refractivity contribution in [3.8, 4) is 0 Å². The van der Waals surface area contributed by atoms with E-state index in [-0.39, 0.29) is 0 Å². The zero-order valence-corrected chi connectivity index (χ0v) is 14.9.